The Morgan fingerprint density at radius 2 is 1.96 bits per heavy atom. The molecule has 0 atom stereocenters. The molecule has 0 N–H and O–H groups in total. The minimum atomic E-state index is 0.0441. The summed E-state index contributed by atoms with van der Waals surface area (Å²) in [7, 11) is 1.60. The molecule has 7 heteroatoms. The van der Waals surface area contributed by atoms with Gasteiger partial charge in [0.15, 0.2) is 5.78 Å². The number of aryl methyl sites for hydroxylation is 2. The molecule has 128 valence electrons. The molecule has 0 saturated carbocycles. The summed E-state index contributed by atoms with van der Waals surface area (Å²) in [4.78, 5) is 12.5. The van der Waals surface area contributed by atoms with Crippen molar-refractivity contribution >= 4 is 17.5 Å². The molecule has 2 aromatic carbocycles. The second-order valence-corrected chi connectivity index (χ2v) is 6.50. The van der Waals surface area contributed by atoms with Crippen molar-refractivity contribution in [3.63, 3.8) is 0 Å². The van der Waals surface area contributed by atoms with Crippen molar-refractivity contribution in [2.75, 3.05) is 12.9 Å². The fourth-order valence-corrected chi connectivity index (χ4v) is 3.13. The molecule has 0 spiro atoms. The highest BCUT2D eigenvalue weighted by Crippen LogP contribution is 2.26. The number of tetrazole rings is 1. The Labute approximate surface area is 150 Å². The molecule has 3 aromatic rings. The first-order valence-corrected chi connectivity index (χ1v) is 8.73. The monoisotopic (exact) mass is 354 g/mol. The average Bonchev–Trinajstić information content (AvgIpc) is 3.10. The maximum Gasteiger partial charge on any atom is 0.214 e. The van der Waals surface area contributed by atoms with Gasteiger partial charge >= 0.3 is 0 Å². The predicted octanol–water partition coefficient (Wildman–Crippen LogP) is 3.26. The van der Waals surface area contributed by atoms with Crippen molar-refractivity contribution in [1.29, 1.82) is 0 Å². The molecule has 0 fully saturated rings. The number of hydrogen-bond donors (Lipinski definition) is 0. The third-order valence-electron chi connectivity index (χ3n) is 3.92. The number of rotatable bonds is 6. The number of Topliss-reactive ketones (excluding diaryl/α,β-unsaturated/α-hetero) is 1. The third kappa shape index (κ3) is 3.71. The summed E-state index contributed by atoms with van der Waals surface area (Å²) >= 11 is 1.30. The van der Waals surface area contributed by atoms with E-state index >= 15 is 0 Å². The van der Waals surface area contributed by atoms with Gasteiger partial charge in [-0.25, -0.2) is 0 Å². The molecule has 0 aliphatic rings. The molecule has 0 unspecified atom stereocenters. The summed E-state index contributed by atoms with van der Waals surface area (Å²) < 4.78 is 6.93. The quantitative estimate of drug-likeness (QED) is 0.500. The van der Waals surface area contributed by atoms with Gasteiger partial charge in [-0.2, -0.15) is 4.68 Å². The Bertz CT molecular complexity index is 908. The van der Waals surface area contributed by atoms with E-state index in [0.29, 0.717) is 16.5 Å². The predicted molar refractivity (Wildman–Crippen MR) is 96.7 cm³/mol. The lowest BCUT2D eigenvalue weighted by molar-refractivity contribution is 0.102. The van der Waals surface area contributed by atoms with Crippen molar-refractivity contribution in [1.82, 2.24) is 20.2 Å². The van der Waals surface area contributed by atoms with Gasteiger partial charge < -0.3 is 4.74 Å². The molecular weight excluding hydrogens is 336 g/mol. The van der Waals surface area contributed by atoms with Crippen LogP contribution in [-0.4, -0.2) is 38.9 Å². The van der Waals surface area contributed by atoms with Crippen molar-refractivity contribution in [2.24, 2.45) is 0 Å². The summed E-state index contributed by atoms with van der Waals surface area (Å²) in [6, 6.07) is 13.2. The van der Waals surface area contributed by atoms with E-state index in [9.17, 15) is 4.79 Å². The minimum Gasteiger partial charge on any atom is -0.494 e. The van der Waals surface area contributed by atoms with E-state index in [2.05, 4.69) is 15.5 Å². The van der Waals surface area contributed by atoms with E-state index in [0.717, 1.165) is 11.3 Å². The topological polar surface area (TPSA) is 69.9 Å². The standard InChI is InChI=1S/C18H18N4O2S/c1-12-8-9-14(10-13(12)2)16(23)11-25-18-19-20-21-22(18)15-6-4-5-7-17(15)24-3/h4-10H,11H2,1-3H3. The van der Waals surface area contributed by atoms with Crippen LogP contribution in [0.1, 0.15) is 21.5 Å². The van der Waals surface area contributed by atoms with Crippen molar-refractivity contribution < 1.29 is 9.53 Å². The number of ether oxygens (including phenoxy) is 1. The fourth-order valence-electron chi connectivity index (χ4n) is 2.35. The van der Waals surface area contributed by atoms with Crippen molar-refractivity contribution in [3.8, 4) is 11.4 Å². The van der Waals surface area contributed by atoms with Gasteiger partial charge in [-0.1, -0.05) is 36.0 Å². The number of carbonyl (C=O) groups excluding carboxylic acids is 1. The van der Waals surface area contributed by atoms with E-state index in [1.54, 1.807) is 11.8 Å². The molecular formula is C18H18N4O2S. The zero-order valence-electron chi connectivity index (χ0n) is 14.3. The van der Waals surface area contributed by atoms with Gasteiger partial charge in [-0.3, -0.25) is 4.79 Å². The van der Waals surface area contributed by atoms with E-state index < -0.39 is 0 Å². The van der Waals surface area contributed by atoms with Crippen LogP contribution in [0.3, 0.4) is 0 Å². The third-order valence-corrected chi connectivity index (χ3v) is 4.83. The largest absolute Gasteiger partial charge is 0.494 e. The number of para-hydroxylation sites is 2. The lowest BCUT2D eigenvalue weighted by Crippen LogP contribution is -2.06. The van der Waals surface area contributed by atoms with E-state index in [1.807, 2.05) is 56.3 Å². The van der Waals surface area contributed by atoms with E-state index in [1.165, 1.54) is 17.3 Å². The summed E-state index contributed by atoms with van der Waals surface area (Å²) in [6.45, 7) is 4.03. The highest BCUT2D eigenvalue weighted by molar-refractivity contribution is 7.99. The highest BCUT2D eigenvalue weighted by atomic mass is 32.2. The molecule has 0 amide bonds. The lowest BCUT2D eigenvalue weighted by Gasteiger charge is -2.09. The summed E-state index contributed by atoms with van der Waals surface area (Å²) in [5.41, 5.74) is 3.71. The Morgan fingerprint density at radius 1 is 1.16 bits per heavy atom. The number of aromatic nitrogens is 4. The Hall–Kier alpha value is -2.67. The van der Waals surface area contributed by atoms with Gasteiger partial charge in [-0.15, -0.1) is 5.10 Å². The van der Waals surface area contributed by atoms with Crippen LogP contribution in [0.5, 0.6) is 5.75 Å². The smallest absolute Gasteiger partial charge is 0.214 e. The highest BCUT2D eigenvalue weighted by Gasteiger charge is 2.15. The van der Waals surface area contributed by atoms with E-state index in [-0.39, 0.29) is 11.5 Å². The second kappa shape index (κ2) is 7.48. The molecule has 0 aliphatic carbocycles. The SMILES string of the molecule is COc1ccccc1-n1nnnc1SCC(=O)c1ccc(C)c(C)c1. The molecule has 6 nitrogen and oxygen atoms in total. The van der Waals surface area contributed by atoms with Crippen LogP contribution < -0.4 is 4.74 Å². The first-order valence-electron chi connectivity index (χ1n) is 7.75. The van der Waals surface area contributed by atoms with Crippen LogP contribution in [-0.2, 0) is 0 Å². The van der Waals surface area contributed by atoms with Crippen LogP contribution in [0.2, 0.25) is 0 Å². The number of nitrogens with zero attached hydrogens (tertiary/aromatic N) is 4. The first-order chi connectivity index (χ1) is 12.1. The van der Waals surface area contributed by atoms with Gasteiger partial charge in [0, 0.05) is 5.56 Å². The number of carbonyl (C=O) groups is 1. The molecule has 0 bridgehead atoms. The van der Waals surface area contributed by atoms with Crippen LogP contribution in [0.25, 0.3) is 5.69 Å². The number of benzene rings is 2. The average molecular weight is 354 g/mol. The van der Waals surface area contributed by atoms with Crippen LogP contribution in [0, 0.1) is 13.8 Å². The molecule has 1 heterocycles. The zero-order valence-corrected chi connectivity index (χ0v) is 15.1. The minimum absolute atomic E-state index is 0.0441. The Kier molecular flexibility index (Phi) is 5.14. The number of methoxy groups -OCH3 is 1. The maximum absolute atomic E-state index is 12.5. The van der Waals surface area contributed by atoms with Gasteiger partial charge in [0.05, 0.1) is 12.9 Å². The van der Waals surface area contributed by atoms with Crippen LogP contribution in [0.4, 0.5) is 0 Å². The number of thioether (sulfide) groups is 1. The fraction of sp³-hybridized carbons (Fsp3) is 0.222. The molecule has 0 radical (unpaired) electrons. The van der Waals surface area contributed by atoms with Gasteiger partial charge in [-0.05, 0) is 53.6 Å². The van der Waals surface area contributed by atoms with Crippen molar-refractivity contribution in [3.05, 3.63) is 59.2 Å². The summed E-state index contributed by atoms with van der Waals surface area (Å²) in [6.07, 6.45) is 0. The van der Waals surface area contributed by atoms with Crippen LogP contribution >= 0.6 is 11.8 Å². The number of hydrogen-bond acceptors (Lipinski definition) is 6. The molecule has 25 heavy (non-hydrogen) atoms. The number of ketones is 1. The lowest BCUT2D eigenvalue weighted by atomic mass is 10.0. The molecule has 0 aliphatic heterocycles. The van der Waals surface area contributed by atoms with Gasteiger partial charge in [0.2, 0.25) is 5.16 Å². The molecule has 3 rings (SSSR count). The Balaban J connectivity index is 1.77. The van der Waals surface area contributed by atoms with Crippen molar-refractivity contribution in [2.45, 2.75) is 19.0 Å². The molecule has 0 saturated heterocycles. The maximum atomic E-state index is 12.5. The first kappa shape index (κ1) is 17.2. The summed E-state index contributed by atoms with van der Waals surface area (Å²) in [5, 5.41) is 12.3. The second-order valence-electron chi connectivity index (χ2n) is 5.56. The van der Waals surface area contributed by atoms with Gasteiger partial charge in [0.1, 0.15) is 11.4 Å². The molecule has 1 aromatic heterocycles. The zero-order chi connectivity index (χ0) is 17.8. The summed E-state index contributed by atoms with van der Waals surface area (Å²) in [5.74, 6) is 0.970. The van der Waals surface area contributed by atoms with Gasteiger partial charge in [0.25, 0.3) is 0 Å². The Morgan fingerprint density at radius 3 is 2.72 bits per heavy atom. The van der Waals surface area contributed by atoms with Crippen LogP contribution in [0.15, 0.2) is 47.6 Å². The van der Waals surface area contributed by atoms with E-state index in [4.69, 9.17) is 4.74 Å². The normalized spacial score (nSPS) is 10.7.